The number of carbonyl (C=O) groups excluding carboxylic acids is 1. The number of benzene rings is 1. The van der Waals surface area contributed by atoms with Crippen LogP contribution in [0.3, 0.4) is 0 Å². The van der Waals surface area contributed by atoms with E-state index in [4.69, 9.17) is 9.47 Å². The lowest BCUT2D eigenvalue weighted by atomic mass is 9.95. The molecule has 1 atom stereocenters. The number of likely N-dealkylation sites (tertiary alicyclic amines) is 1. The van der Waals surface area contributed by atoms with Crippen LogP contribution in [0.5, 0.6) is 17.4 Å². The van der Waals surface area contributed by atoms with Gasteiger partial charge in [-0.1, -0.05) is 12.1 Å². The van der Waals surface area contributed by atoms with E-state index in [9.17, 15) is 4.79 Å². The van der Waals surface area contributed by atoms with Crippen molar-refractivity contribution in [2.75, 3.05) is 20.2 Å². The third-order valence-corrected chi connectivity index (χ3v) is 4.96. The van der Waals surface area contributed by atoms with Gasteiger partial charge in [0.1, 0.15) is 6.54 Å². The monoisotopic (exact) mass is 393 g/mol. The molecule has 29 heavy (non-hydrogen) atoms. The van der Waals surface area contributed by atoms with Crippen LogP contribution in [0.15, 0.2) is 55.1 Å². The van der Waals surface area contributed by atoms with Crippen molar-refractivity contribution in [3.05, 3.63) is 60.8 Å². The van der Waals surface area contributed by atoms with Crippen molar-refractivity contribution in [3.8, 4) is 17.4 Å². The Bertz CT molecular complexity index is 960. The molecule has 1 aliphatic rings. The molecule has 0 N–H and O–H groups in total. The van der Waals surface area contributed by atoms with Crippen LogP contribution in [-0.4, -0.2) is 50.8 Å². The first-order chi connectivity index (χ1) is 14.2. The Morgan fingerprint density at radius 2 is 2.07 bits per heavy atom. The Labute approximate surface area is 169 Å². The molecule has 0 unspecified atom stereocenters. The first-order valence-corrected chi connectivity index (χ1v) is 9.61. The molecule has 1 amide bonds. The van der Waals surface area contributed by atoms with Crippen molar-refractivity contribution >= 4 is 5.91 Å². The van der Waals surface area contributed by atoms with Gasteiger partial charge in [-0.15, -0.1) is 0 Å². The highest BCUT2D eigenvalue weighted by atomic mass is 16.5. The van der Waals surface area contributed by atoms with Gasteiger partial charge in [0, 0.05) is 37.6 Å². The number of aromatic nitrogens is 4. The van der Waals surface area contributed by atoms with E-state index in [2.05, 4.69) is 15.1 Å². The van der Waals surface area contributed by atoms with E-state index in [-0.39, 0.29) is 18.4 Å². The molecule has 8 nitrogen and oxygen atoms in total. The summed E-state index contributed by atoms with van der Waals surface area (Å²) in [4.78, 5) is 23.4. The molecule has 4 rings (SSSR count). The van der Waals surface area contributed by atoms with Crippen molar-refractivity contribution < 1.29 is 14.3 Å². The summed E-state index contributed by atoms with van der Waals surface area (Å²) in [5, 5.41) is 4.11. The van der Waals surface area contributed by atoms with E-state index in [0.29, 0.717) is 23.9 Å². The Hall–Kier alpha value is -3.42. The normalized spacial score (nSPS) is 16.4. The molecular weight excluding hydrogens is 370 g/mol. The second-order valence-corrected chi connectivity index (χ2v) is 6.92. The lowest BCUT2D eigenvalue weighted by Crippen LogP contribution is -2.41. The van der Waals surface area contributed by atoms with Crippen molar-refractivity contribution in [3.63, 3.8) is 0 Å². The number of hydrogen-bond acceptors (Lipinski definition) is 6. The molecule has 0 spiro atoms. The van der Waals surface area contributed by atoms with Gasteiger partial charge in [-0.2, -0.15) is 5.10 Å². The highest BCUT2D eigenvalue weighted by molar-refractivity contribution is 5.76. The fourth-order valence-electron chi connectivity index (χ4n) is 3.50. The Kier molecular flexibility index (Phi) is 5.69. The summed E-state index contributed by atoms with van der Waals surface area (Å²) in [7, 11) is 1.60. The summed E-state index contributed by atoms with van der Waals surface area (Å²) < 4.78 is 12.9. The average Bonchev–Trinajstić information content (AvgIpc) is 3.27. The largest absolute Gasteiger partial charge is 0.493 e. The molecule has 0 radical (unpaired) electrons. The van der Waals surface area contributed by atoms with Gasteiger partial charge in [0.25, 0.3) is 0 Å². The maximum absolute atomic E-state index is 12.6. The number of ether oxygens (including phenoxy) is 2. The molecule has 0 saturated carbocycles. The van der Waals surface area contributed by atoms with Crippen LogP contribution < -0.4 is 9.47 Å². The minimum atomic E-state index is 0.0628. The minimum Gasteiger partial charge on any atom is -0.493 e. The van der Waals surface area contributed by atoms with Crippen LogP contribution in [0.25, 0.3) is 0 Å². The summed E-state index contributed by atoms with van der Waals surface area (Å²) in [6.07, 6.45) is 8.69. The highest BCUT2D eigenvalue weighted by Crippen LogP contribution is 2.31. The summed E-state index contributed by atoms with van der Waals surface area (Å²) in [6.45, 7) is 1.62. The number of piperidine rings is 1. The zero-order valence-electron chi connectivity index (χ0n) is 16.3. The quantitative estimate of drug-likeness (QED) is 0.640. The van der Waals surface area contributed by atoms with Crippen LogP contribution in [0.4, 0.5) is 0 Å². The van der Waals surface area contributed by atoms with E-state index in [0.717, 1.165) is 25.1 Å². The second kappa shape index (κ2) is 8.72. The van der Waals surface area contributed by atoms with Gasteiger partial charge < -0.3 is 14.4 Å². The summed E-state index contributed by atoms with van der Waals surface area (Å²) >= 11 is 0. The van der Waals surface area contributed by atoms with Crippen LogP contribution >= 0.6 is 0 Å². The number of amides is 1. The number of nitrogens with zero attached hydrogens (tertiary/aromatic N) is 5. The molecule has 1 aliphatic heterocycles. The maximum atomic E-state index is 12.6. The average molecular weight is 393 g/mol. The zero-order chi connectivity index (χ0) is 20.1. The number of carbonyl (C=O) groups is 1. The molecule has 0 aliphatic carbocycles. The lowest BCUT2D eigenvalue weighted by Gasteiger charge is -2.32. The van der Waals surface area contributed by atoms with E-state index in [1.807, 2.05) is 35.2 Å². The van der Waals surface area contributed by atoms with Crippen molar-refractivity contribution in [1.29, 1.82) is 0 Å². The van der Waals surface area contributed by atoms with Gasteiger partial charge in [0.15, 0.2) is 11.5 Å². The number of methoxy groups -OCH3 is 1. The number of hydrogen-bond donors (Lipinski definition) is 0. The topological polar surface area (TPSA) is 82.4 Å². The fourth-order valence-corrected chi connectivity index (χ4v) is 3.50. The molecule has 0 bridgehead atoms. The summed E-state index contributed by atoms with van der Waals surface area (Å²) in [6, 6.07) is 9.22. The van der Waals surface area contributed by atoms with E-state index in [1.54, 1.807) is 36.6 Å². The zero-order valence-corrected chi connectivity index (χ0v) is 16.3. The van der Waals surface area contributed by atoms with Gasteiger partial charge in [-0.05, 0) is 31.0 Å². The Morgan fingerprint density at radius 1 is 1.21 bits per heavy atom. The Balaban J connectivity index is 1.45. The number of para-hydroxylation sites is 2. The molecule has 1 saturated heterocycles. The van der Waals surface area contributed by atoms with Crippen molar-refractivity contribution in [1.82, 2.24) is 24.6 Å². The van der Waals surface area contributed by atoms with Crippen LogP contribution in [0, 0.1) is 0 Å². The molecule has 8 heteroatoms. The van der Waals surface area contributed by atoms with E-state index >= 15 is 0 Å². The second-order valence-electron chi connectivity index (χ2n) is 6.92. The van der Waals surface area contributed by atoms with E-state index < -0.39 is 0 Å². The fraction of sp³-hybridized carbons (Fsp3) is 0.333. The molecular formula is C21H23N5O3. The van der Waals surface area contributed by atoms with E-state index in [1.165, 1.54) is 0 Å². The molecule has 2 aromatic heterocycles. The predicted molar refractivity (Wildman–Crippen MR) is 106 cm³/mol. The lowest BCUT2D eigenvalue weighted by molar-refractivity contribution is -0.133. The predicted octanol–water partition coefficient (Wildman–Crippen LogP) is 2.88. The summed E-state index contributed by atoms with van der Waals surface area (Å²) in [5.41, 5.74) is 0.828. The first-order valence-electron chi connectivity index (χ1n) is 9.61. The molecule has 3 aromatic rings. The van der Waals surface area contributed by atoms with Gasteiger partial charge in [-0.25, -0.2) is 4.98 Å². The maximum Gasteiger partial charge on any atom is 0.244 e. The van der Waals surface area contributed by atoms with Gasteiger partial charge in [0.05, 0.1) is 19.0 Å². The minimum absolute atomic E-state index is 0.0628. The van der Waals surface area contributed by atoms with Crippen LogP contribution in [0.2, 0.25) is 0 Å². The van der Waals surface area contributed by atoms with Gasteiger partial charge >= 0.3 is 0 Å². The summed E-state index contributed by atoms with van der Waals surface area (Å²) in [5.74, 6) is 1.81. The third kappa shape index (κ3) is 4.53. The molecule has 150 valence electrons. The molecule has 3 heterocycles. The molecule has 1 aromatic carbocycles. The van der Waals surface area contributed by atoms with Crippen molar-refractivity contribution in [2.45, 2.75) is 25.3 Å². The van der Waals surface area contributed by atoms with Gasteiger partial charge in [0.2, 0.25) is 11.8 Å². The highest BCUT2D eigenvalue weighted by Gasteiger charge is 2.26. The van der Waals surface area contributed by atoms with Gasteiger partial charge in [-0.3, -0.25) is 14.5 Å². The van der Waals surface area contributed by atoms with Crippen LogP contribution in [0.1, 0.15) is 24.5 Å². The van der Waals surface area contributed by atoms with Crippen LogP contribution in [-0.2, 0) is 11.3 Å². The SMILES string of the molecule is COc1ccccc1Oc1cncc([C@H]2CCCN(C(=O)Cn3cccn3)C2)n1. The first kappa shape index (κ1) is 18.9. The van der Waals surface area contributed by atoms with Crippen molar-refractivity contribution in [2.24, 2.45) is 0 Å². The molecule has 1 fully saturated rings. The standard InChI is InChI=1S/C21H23N5O3/c1-28-18-7-2-3-8-19(18)29-20-13-22-12-17(24-20)16-6-4-10-25(14-16)21(27)15-26-11-5-9-23-26/h2-3,5,7-9,11-13,16H,4,6,10,14-15H2,1H3/t16-/m0/s1. The third-order valence-electron chi connectivity index (χ3n) is 4.96. The smallest absolute Gasteiger partial charge is 0.244 e. The Morgan fingerprint density at radius 3 is 2.86 bits per heavy atom. The number of rotatable bonds is 6.